The van der Waals surface area contributed by atoms with Gasteiger partial charge in [0.2, 0.25) is 0 Å². The molecule has 4 rings (SSSR count). The zero-order valence-electron chi connectivity index (χ0n) is 10.9. The van der Waals surface area contributed by atoms with Crippen molar-refractivity contribution >= 4 is 38.4 Å². The van der Waals surface area contributed by atoms with Gasteiger partial charge in [-0.3, -0.25) is 9.48 Å². The van der Waals surface area contributed by atoms with E-state index in [1.807, 2.05) is 10.9 Å². The van der Waals surface area contributed by atoms with Crippen molar-refractivity contribution in [3.8, 4) is 10.6 Å². The van der Waals surface area contributed by atoms with E-state index in [9.17, 15) is 4.79 Å². The van der Waals surface area contributed by atoms with E-state index < -0.39 is 0 Å². The Kier molecular flexibility index (Phi) is 2.97. The number of fused-ring (bicyclic) bond motifs is 1. The van der Waals surface area contributed by atoms with Gasteiger partial charge in [0.15, 0.2) is 6.29 Å². The fourth-order valence-electron chi connectivity index (χ4n) is 2.92. The molecule has 0 atom stereocenters. The molecule has 1 aliphatic carbocycles. The summed E-state index contributed by atoms with van der Waals surface area (Å²) in [7, 11) is 0. The maximum absolute atomic E-state index is 11.3. The highest BCUT2D eigenvalue weighted by atomic mass is 32.1. The number of aldehydes is 1. The molecule has 3 aromatic heterocycles. The van der Waals surface area contributed by atoms with Crippen molar-refractivity contribution in [3.63, 3.8) is 0 Å². The van der Waals surface area contributed by atoms with Gasteiger partial charge in [0.05, 0.1) is 16.5 Å². The minimum absolute atomic E-state index is 0.475. The number of carbonyl (C=O) groups excluding carboxylic acids is 1. The molecule has 1 fully saturated rings. The van der Waals surface area contributed by atoms with Crippen LogP contribution in [0.3, 0.4) is 0 Å². The van der Waals surface area contributed by atoms with Gasteiger partial charge < -0.3 is 0 Å². The van der Waals surface area contributed by atoms with Crippen LogP contribution in [-0.4, -0.2) is 16.1 Å². The van der Waals surface area contributed by atoms with Crippen molar-refractivity contribution in [1.29, 1.82) is 0 Å². The Balaban J connectivity index is 1.79. The summed E-state index contributed by atoms with van der Waals surface area (Å²) in [6, 6.07) is 4.75. The molecule has 0 N–H and O–H groups in total. The molecule has 0 spiro atoms. The number of thiophene rings is 2. The van der Waals surface area contributed by atoms with Crippen molar-refractivity contribution in [1.82, 2.24) is 9.78 Å². The third-order valence-electron chi connectivity index (χ3n) is 3.96. The molecule has 0 radical (unpaired) electrons. The first-order chi connectivity index (χ1) is 9.85. The van der Waals surface area contributed by atoms with E-state index in [1.165, 1.54) is 35.1 Å². The number of hydrogen-bond donors (Lipinski definition) is 0. The Morgan fingerprint density at radius 3 is 2.90 bits per heavy atom. The summed E-state index contributed by atoms with van der Waals surface area (Å²) in [6.45, 7) is 0. The molecule has 0 bridgehead atoms. The zero-order chi connectivity index (χ0) is 13.5. The molecule has 5 heteroatoms. The molecular weight excluding hydrogens is 288 g/mol. The minimum atomic E-state index is 0.475. The van der Waals surface area contributed by atoms with Gasteiger partial charge in [0, 0.05) is 15.6 Å². The quantitative estimate of drug-likeness (QED) is 0.654. The molecule has 0 aliphatic heterocycles. The molecular formula is C15H14N2OS2. The van der Waals surface area contributed by atoms with Crippen LogP contribution in [0.1, 0.15) is 42.1 Å². The van der Waals surface area contributed by atoms with Gasteiger partial charge in [-0.25, -0.2) is 0 Å². The average molecular weight is 302 g/mol. The fourth-order valence-corrected chi connectivity index (χ4v) is 5.04. The van der Waals surface area contributed by atoms with Gasteiger partial charge in [-0.2, -0.15) is 5.10 Å². The predicted molar refractivity (Wildman–Crippen MR) is 83.8 cm³/mol. The summed E-state index contributed by atoms with van der Waals surface area (Å²) in [5.74, 6) is 0. The lowest BCUT2D eigenvalue weighted by molar-refractivity contribution is 0.112. The van der Waals surface area contributed by atoms with E-state index in [-0.39, 0.29) is 0 Å². The number of nitrogens with zero attached hydrogens (tertiary/aromatic N) is 2. The van der Waals surface area contributed by atoms with Gasteiger partial charge in [0.25, 0.3) is 0 Å². The van der Waals surface area contributed by atoms with E-state index >= 15 is 0 Å². The molecule has 0 saturated heterocycles. The Morgan fingerprint density at radius 2 is 2.15 bits per heavy atom. The van der Waals surface area contributed by atoms with E-state index in [0.717, 1.165) is 16.9 Å². The van der Waals surface area contributed by atoms with Crippen LogP contribution in [0.2, 0.25) is 0 Å². The van der Waals surface area contributed by atoms with Gasteiger partial charge >= 0.3 is 0 Å². The molecule has 1 aliphatic rings. The molecule has 3 nitrogen and oxygen atoms in total. The highest BCUT2D eigenvalue weighted by Gasteiger charge is 2.21. The van der Waals surface area contributed by atoms with Crippen LogP contribution in [0, 0.1) is 0 Å². The minimum Gasteiger partial charge on any atom is -0.298 e. The first-order valence-electron chi connectivity index (χ1n) is 6.87. The van der Waals surface area contributed by atoms with Crippen molar-refractivity contribution in [2.75, 3.05) is 0 Å². The van der Waals surface area contributed by atoms with Gasteiger partial charge in [-0.1, -0.05) is 12.8 Å². The number of aromatic nitrogens is 2. The van der Waals surface area contributed by atoms with Gasteiger partial charge in [0.1, 0.15) is 5.69 Å². The molecule has 0 unspecified atom stereocenters. The van der Waals surface area contributed by atoms with Crippen LogP contribution in [0.5, 0.6) is 0 Å². The second kappa shape index (κ2) is 4.82. The van der Waals surface area contributed by atoms with Crippen molar-refractivity contribution in [2.45, 2.75) is 31.7 Å². The zero-order valence-corrected chi connectivity index (χ0v) is 12.5. The summed E-state index contributed by atoms with van der Waals surface area (Å²) < 4.78 is 4.56. The van der Waals surface area contributed by atoms with Crippen LogP contribution in [0.25, 0.3) is 20.0 Å². The third-order valence-corrected chi connectivity index (χ3v) is 6.06. The number of carbonyl (C=O) groups is 1. The van der Waals surface area contributed by atoms with Crippen LogP contribution in [0.4, 0.5) is 0 Å². The first kappa shape index (κ1) is 12.3. The van der Waals surface area contributed by atoms with Crippen LogP contribution < -0.4 is 0 Å². The van der Waals surface area contributed by atoms with E-state index in [2.05, 4.69) is 17.5 Å². The summed E-state index contributed by atoms with van der Waals surface area (Å²) >= 11 is 3.45. The van der Waals surface area contributed by atoms with E-state index in [0.29, 0.717) is 11.6 Å². The lowest BCUT2D eigenvalue weighted by Gasteiger charge is -2.08. The van der Waals surface area contributed by atoms with Crippen LogP contribution in [-0.2, 0) is 0 Å². The normalized spacial score (nSPS) is 16.2. The Labute approximate surface area is 124 Å². The largest absolute Gasteiger partial charge is 0.298 e. The third kappa shape index (κ3) is 1.93. The number of hydrogen-bond acceptors (Lipinski definition) is 4. The summed E-state index contributed by atoms with van der Waals surface area (Å²) in [5, 5.41) is 6.81. The molecule has 0 amide bonds. The van der Waals surface area contributed by atoms with Crippen molar-refractivity contribution < 1.29 is 4.79 Å². The Hall–Kier alpha value is -1.46. The SMILES string of the molecule is O=Cc1cn(C2CCCC2)nc1-c1cc2sccc2s1. The summed E-state index contributed by atoms with van der Waals surface area (Å²) in [4.78, 5) is 12.4. The van der Waals surface area contributed by atoms with Crippen LogP contribution in [0.15, 0.2) is 23.7 Å². The lowest BCUT2D eigenvalue weighted by atomic mass is 10.2. The highest BCUT2D eigenvalue weighted by molar-refractivity contribution is 7.28. The highest BCUT2D eigenvalue weighted by Crippen LogP contribution is 2.38. The summed E-state index contributed by atoms with van der Waals surface area (Å²) in [6.07, 6.45) is 7.75. The summed E-state index contributed by atoms with van der Waals surface area (Å²) in [5.41, 5.74) is 1.56. The average Bonchev–Trinajstić information content (AvgIpc) is 3.20. The topological polar surface area (TPSA) is 34.9 Å². The molecule has 0 aromatic carbocycles. The van der Waals surface area contributed by atoms with Crippen molar-refractivity contribution in [3.05, 3.63) is 29.3 Å². The standard InChI is InChI=1S/C15H14N2OS2/c18-9-10-8-17(11-3-1-2-4-11)16-15(10)14-7-13-12(20-14)5-6-19-13/h5-9,11H,1-4H2. The smallest absolute Gasteiger partial charge is 0.153 e. The first-order valence-corrected chi connectivity index (χ1v) is 8.56. The van der Waals surface area contributed by atoms with Crippen LogP contribution >= 0.6 is 22.7 Å². The molecule has 20 heavy (non-hydrogen) atoms. The molecule has 1 saturated carbocycles. The molecule has 3 heterocycles. The van der Waals surface area contributed by atoms with E-state index in [4.69, 9.17) is 5.10 Å². The maximum Gasteiger partial charge on any atom is 0.153 e. The Morgan fingerprint density at radius 1 is 1.30 bits per heavy atom. The van der Waals surface area contributed by atoms with E-state index in [1.54, 1.807) is 22.7 Å². The van der Waals surface area contributed by atoms with Gasteiger partial charge in [-0.05, 0) is 30.4 Å². The predicted octanol–water partition coefficient (Wildman–Crippen LogP) is 4.75. The maximum atomic E-state index is 11.3. The molecule has 102 valence electrons. The second-order valence-corrected chi connectivity index (χ2v) is 7.26. The monoisotopic (exact) mass is 302 g/mol. The fraction of sp³-hybridized carbons (Fsp3) is 0.333. The molecule has 3 aromatic rings. The Bertz CT molecular complexity index is 733. The number of rotatable bonds is 3. The van der Waals surface area contributed by atoms with Gasteiger partial charge in [-0.15, -0.1) is 22.7 Å². The van der Waals surface area contributed by atoms with Crippen molar-refractivity contribution in [2.24, 2.45) is 0 Å². The second-order valence-electron chi connectivity index (χ2n) is 5.23. The lowest BCUT2D eigenvalue weighted by Crippen LogP contribution is -2.04.